The largest absolute Gasteiger partial charge is 0.330 e. The summed E-state index contributed by atoms with van der Waals surface area (Å²) in [6.07, 6.45) is 5.76. The lowest BCUT2D eigenvalue weighted by Gasteiger charge is -2.62. The quantitative estimate of drug-likeness (QED) is 0.614. The molecular formula is C10H19N. The molecule has 0 amide bonds. The van der Waals surface area contributed by atoms with Gasteiger partial charge in [-0.1, -0.05) is 13.8 Å². The molecule has 2 saturated carbocycles. The maximum absolute atomic E-state index is 5.60. The van der Waals surface area contributed by atoms with Crippen molar-refractivity contribution in [2.45, 2.75) is 39.5 Å². The summed E-state index contributed by atoms with van der Waals surface area (Å²) >= 11 is 0. The molecule has 0 aromatic rings. The fourth-order valence-electron chi connectivity index (χ4n) is 3.60. The Morgan fingerprint density at radius 1 is 1.27 bits per heavy atom. The van der Waals surface area contributed by atoms with Gasteiger partial charge in [-0.25, -0.2) is 0 Å². The van der Waals surface area contributed by atoms with Crippen LogP contribution in [0, 0.1) is 16.7 Å². The lowest BCUT2D eigenvalue weighted by Crippen LogP contribution is -2.52. The van der Waals surface area contributed by atoms with Gasteiger partial charge in [0.15, 0.2) is 0 Å². The van der Waals surface area contributed by atoms with Crippen molar-refractivity contribution < 1.29 is 0 Å². The molecule has 2 fully saturated rings. The Labute approximate surface area is 69.4 Å². The van der Waals surface area contributed by atoms with Crippen LogP contribution in [-0.4, -0.2) is 6.54 Å². The summed E-state index contributed by atoms with van der Waals surface area (Å²) < 4.78 is 0. The van der Waals surface area contributed by atoms with Crippen LogP contribution in [0.15, 0.2) is 0 Å². The van der Waals surface area contributed by atoms with Crippen LogP contribution >= 0.6 is 0 Å². The van der Waals surface area contributed by atoms with Crippen LogP contribution < -0.4 is 5.73 Å². The van der Waals surface area contributed by atoms with E-state index in [-0.39, 0.29) is 0 Å². The molecule has 0 saturated heterocycles. The fourth-order valence-corrected chi connectivity index (χ4v) is 3.60. The number of nitrogens with two attached hydrogens (primary N) is 1. The monoisotopic (exact) mass is 153 g/mol. The molecule has 1 nitrogen and oxygen atoms in total. The molecule has 1 heteroatoms. The molecule has 11 heavy (non-hydrogen) atoms. The van der Waals surface area contributed by atoms with E-state index in [0.717, 1.165) is 17.9 Å². The van der Waals surface area contributed by atoms with Gasteiger partial charge in [-0.3, -0.25) is 0 Å². The van der Waals surface area contributed by atoms with Crippen LogP contribution in [0.25, 0.3) is 0 Å². The second kappa shape index (κ2) is 2.01. The Bertz CT molecular complexity index is 156. The maximum Gasteiger partial charge on any atom is -0.00485 e. The standard InChI is InChI=1S/C10H19N/c1-9(2)6-10(7-9)3-8(4-10)5-11/h8H,3-7,11H2,1-2H3. The molecular weight excluding hydrogens is 134 g/mol. The van der Waals surface area contributed by atoms with E-state index in [0.29, 0.717) is 5.41 Å². The highest BCUT2D eigenvalue weighted by molar-refractivity contribution is 5.06. The lowest BCUT2D eigenvalue weighted by atomic mass is 9.44. The molecule has 0 unspecified atom stereocenters. The Balaban J connectivity index is 1.83. The molecule has 0 atom stereocenters. The molecule has 0 heterocycles. The van der Waals surface area contributed by atoms with Gasteiger partial charge in [0.25, 0.3) is 0 Å². The van der Waals surface area contributed by atoms with E-state index in [9.17, 15) is 0 Å². The minimum atomic E-state index is 0.652. The normalized spacial score (nSPS) is 33.0. The summed E-state index contributed by atoms with van der Waals surface area (Å²) in [5.41, 5.74) is 7.03. The molecule has 0 radical (unpaired) electrons. The number of hydrogen-bond acceptors (Lipinski definition) is 1. The van der Waals surface area contributed by atoms with Gasteiger partial charge < -0.3 is 5.73 Å². The smallest absolute Gasteiger partial charge is 0.00485 e. The highest BCUT2D eigenvalue weighted by Crippen LogP contribution is 2.65. The van der Waals surface area contributed by atoms with Crippen molar-refractivity contribution in [1.82, 2.24) is 0 Å². The van der Waals surface area contributed by atoms with Gasteiger partial charge in [0.05, 0.1) is 0 Å². The average Bonchev–Trinajstić information content (AvgIpc) is 1.75. The third-order valence-corrected chi connectivity index (χ3v) is 3.48. The van der Waals surface area contributed by atoms with Gasteiger partial charge in [0.2, 0.25) is 0 Å². The van der Waals surface area contributed by atoms with Gasteiger partial charge in [-0.05, 0) is 49.0 Å². The van der Waals surface area contributed by atoms with E-state index < -0.39 is 0 Å². The zero-order chi connectivity index (χ0) is 8.11. The zero-order valence-electron chi connectivity index (χ0n) is 7.69. The second-order valence-corrected chi connectivity index (χ2v) is 5.53. The molecule has 0 aromatic carbocycles. The van der Waals surface area contributed by atoms with E-state index in [1.807, 2.05) is 0 Å². The van der Waals surface area contributed by atoms with Crippen molar-refractivity contribution in [1.29, 1.82) is 0 Å². The molecule has 0 aliphatic heterocycles. The molecule has 0 bridgehead atoms. The van der Waals surface area contributed by atoms with Crippen molar-refractivity contribution in [2.24, 2.45) is 22.5 Å². The van der Waals surface area contributed by atoms with E-state index >= 15 is 0 Å². The molecule has 2 aliphatic carbocycles. The van der Waals surface area contributed by atoms with Gasteiger partial charge in [-0.2, -0.15) is 0 Å². The summed E-state index contributed by atoms with van der Waals surface area (Å²) in [6, 6.07) is 0. The first-order valence-corrected chi connectivity index (χ1v) is 4.75. The van der Waals surface area contributed by atoms with Crippen molar-refractivity contribution >= 4 is 0 Å². The van der Waals surface area contributed by atoms with Crippen LogP contribution in [-0.2, 0) is 0 Å². The molecule has 2 N–H and O–H groups in total. The predicted octanol–water partition coefficient (Wildman–Crippen LogP) is 2.16. The highest BCUT2D eigenvalue weighted by atomic mass is 14.7. The van der Waals surface area contributed by atoms with E-state index in [4.69, 9.17) is 5.73 Å². The fraction of sp³-hybridized carbons (Fsp3) is 1.00. The van der Waals surface area contributed by atoms with Crippen LogP contribution in [0.1, 0.15) is 39.5 Å². The van der Waals surface area contributed by atoms with Gasteiger partial charge >= 0.3 is 0 Å². The minimum Gasteiger partial charge on any atom is -0.330 e. The van der Waals surface area contributed by atoms with Crippen LogP contribution in [0.5, 0.6) is 0 Å². The molecule has 2 aliphatic rings. The number of hydrogen-bond donors (Lipinski definition) is 1. The van der Waals surface area contributed by atoms with Crippen LogP contribution in [0.2, 0.25) is 0 Å². The Morgan fingerprint density at radius 3 is 2.18 bits per heavy atom. The van der Waals surface area contributed by atoms with Gasteiger partial charge in [0.1, 0.15) is 0 Å². The van der Waals surface area contributed by atoms with Crippen molar-refractivity contribution in [3.05, 3.63) is 0 Å². The summed E-state index contributed by atoms with van der Waals surface area (Å²) in [4.78, 5) is 0. The highest BCUT2D eigenvalue weighted by Gasteiger charge is 2.55. The van der Waals surface area contributed by atoms with E-state index in [2.05, 4.69) is 13.8 Å². The molecule has 2 rings (SSSR count). The van der Waals surface area contributed by atoms with Crippen LogP contribution in [0.3, 0.4) is 0 Å². The van der Waals surface area contributed by atoms with Gasteiger partial charge in [-0.15, -0.1) is 0 Å². The maximum atomic E-state index is 5.60. The first-order valence-electron chi connectivity index (χ1n) is 4.75. The molecule has 1 spiro atoms. The van der Waals surface area contributed by atoms with E-state index in [1.165, 1.54) is 25.7 Å². The third-order valence-electron chi connectivity index (χ3n) is 3.48. The van der Waals surface area contributed by atoms with Crippen LogP contribution in [0.4, 0.5) is 0 Å². The summed E-state index contributed by atoms with van der Waals surface area (Å²) in [6.45, 7) is 5.68. The zero-order valence-corrected chi connectivity index (χ0v) is 7.69. The summed E-state index contributed by atoms with van der Waals surface area (Å²) in [5.74, 6) is 0.867. The summed E-state index contributed by atoms with van der Waals surface area (Å²) in [5, 5.41) is 0. The first kappa shape index (κ1) is 7.60. The van der Waals surface area contributed by atoms with Crippen molar-refractivity contribution in [2.75, 3.05) is 6.54 Å². The average molecular weight is 153 g/mol. The van der Waals surface area contributed by atoms with E-state index in [1.54, 1.807) is 0 Å². The second-order valence-electron chi connectivity index (χ2n) is 5.53. The van der Waals surface area contributed by atoms with Gasteiger partial charge in [0, 0.05) is 0 Å². The first-order chi connectivity index (χ1) is 5.05. The minimum absolute atomic E-state index is 0.652. The van der Waals surface area contributed by atoms with Crippen molar-refractivity contribution in [3.8, 4) is 0 Å². The third kappa shape index (κ3) is 1.10. The Morgan fingerprint density at radius 2 is 1.82 bits per heavy atom. The SMILES string of the molecule is CC1(C)CC2(CC(CN)C2)C1. The lowest BCUT2D eigenvalue weighted by molar-refractivity contribution is -0.107. The topological polar surface area (TPSA) is 26.0 Å². The van der Waals surface area contributed by atoms with Crippen molar-refractivity contribution in [3.63, 3.8) is 0 Å². The molecule has 64 valence electrons. The Kier molecular flexibility index (Phi) is 1.39. The Hall–Kier alpha value is -0.0400. The number of rotatable bonds is 1. The molecule has 0 aromatic heterocycles. The predicted molar refractivity (Wildman–Crippen MR) is 47.2 cm³/mol. The summed E-state index contributed by atoms with van der Waals surface area (Å²) in [7, 11) is 0.